The van der Waals surface area contributed by atoms with Crippen LogP contribution in [-0.4, -0.2) is 0 Å². The molecule has 0 aromatic carbocycles. The van der Waals surface area contributed by atoms with Crippen LogP contribution in [0.15, 0.2) is 87.6 Å². The molecule has 0 aromatic heterocycles. The third-order valence-electron chi connectivity index (χ3n) is 1.29. The highest BCUT2D eigenvalue weighted by Crippen LogP contribution is 1.66. The van der Waals surface area contributed by atoms with E-state index in [1.54, 1.807) is 24.3 Å². The number of hydrogen-bond acceptors (Lipinski definition) is 0. The Bertz CT molecular complexity index is 184. The van der Waals surface area contributed by atoms with Gasteiger partial charge in [-0.2, -0.15) is 0 Å². The molecule has 0 unspecified atom stereocenters. The Balaban J connectivity index is -0.0000000469. The fourth-order valence-electron chi connectivity index (χ4n) is 0. The van der Waals surface area contributed by atoms with Gasteiger partial charge in [0.25, 0.3) is 0 Å². The van der Waals surface area contributed by atoms with Crippen LogP contribution < -0.4 is 0 Å². The van der Waals surface area contributed by atoms with E-state index in [0.717, 1.165) is 6.42 Å². The summed E-state index contributed by atoms with van der Waals surface area (Å²) in [7, 11) is 0. The highest BCUT2D eigenvalue weighted by Gasteiger charge is 1.45. The Morgan fingerprint density at radius 1 is 0.550 bits per heavy atom. The molecule has 0 aliphatic carbocycles. The van der Waals surface area contributed by atoms with Crippen molar-refractivity contribution in [1.29, 1.82) is 0 Å². The molecule has 0 saturated heterocycles. The van der Waals surface area contributed by atoms with E-state index in [-0.39, 0.29) is 0 Å². The second-order valence-corrected chi connectivity index (χ2v) is 2.97. The summed E-state index contributed by atoms with van der Waals surface area (Å²) in [4.78, 5) is 0. The van der Waals surface area contributed by atoms with Crippen molar-refractivity contribution >= 4 is 0 Å². The Hall–Kier alpha value is -1.82. The van der Waals surface area contributed by atoms with Gasteiger partial charge in [0, 0.05) is 0 Å². The standard InChI is InChI=1S/3C4H8.2C4H6/c5*1-3-4-2/h2*3-4H,1-2H3;3H,1,4H2,2H3;2*3-4H,1-2H2/b4-3+;4-3-;;;. The van der Waals surface area contributed by atoms with Crippen LogP contribution >= 0.6 is 0 Å². The zero-order chi connectivity index (χ0) is 17.1. The maximum atomic E-state index is 3.48. The molecule has 0 saturated carbocycles. The molecule has 0 heterocycles. The Morgan fingerprint density at radius 3 is 0.700 bits per heavy atom. The summed E-state index contributed by atoms with van der Waals surface area (Å²) in [5, 5.41) is 0. The van der Waals surface area contributed by atoms with Crippen LogP contribution in [0.25, 0.3) is 0 Å². The van der Waals surface area contributed by atoms with E-state index in [9.17, 15) is 0 Å². The van der Waals surface area contributed by atoms with Crippen molar-refractivity contribution in [3.8, 4) is 0 Å². The Labute approximate surface area is 129 Å². The summed E-state index contributed by atoms with van der Waals surface area (Å²) >= 11 is 0. The van der Waals surface area contributed by atoms with E-state index in [1.165, 1.54) is 0 Å². The lowest BCUT2D eigenvalue weighted by atomic mass is 10.5. The Morgan fingerprint density at radius 2 is 0.700 bits per heavy atom. The molecular weight excluding hydrogens is 240 g/mol. The van der Waals surface area contributed by atoms with Crippen molar-refractivity contribution in [1.82, 2.24) is 0 Å². The van der Waals surface area contributed by atoms with E-state index in [0.29, 0.717) is 0 Å². The van der Waals surface area contributed by atoms with Crippen molar-refractivity contribution in [3.05, 3.63) is 87.6 Å². The molecule has 20 heavy (non-hydrogen) atoms. The molecule has 0 aliphatic rings. The predicted molar refractivity (Wildman–Crippen MR) is 102 cm³/mol. The fourth-order valence-corrected chi connectivity index (χ4v) is 0. The second kappa shape index (κ2) is 67.2. The van der Waals surface area contributed by atoms with Gasteiger partial charge in [0.2, 0.25) is 0 Å². The maximum absolute atomic E-state index is 3.48. The lowest BCUT2D eigenvalue weighted by molar-refractivity contribution is 1.23. The quantitative estimate of drug-likeness (QED) is 0.370. The van der Waals surface area contributed by atoms with Crippen molar-refractivity contribution in [2.24, 2.45) is 0 Å². The van der Waals surface area contributed by atoms with Crippen LogP contribution in [0.1, 0.15) is 41.0 Å². The first kappa shape index (κ1) is 30.9. The van der Waals surface area contributed by atoms with Crippen molar-refractivity contribution in [2.45, 2.75) is 41.0 Å². The molecule has 0 rings (SSSR count). The predicted octanol–water partition coefficient (Wildman–Crippen LogP) is 7.46. The van der Waals surface area contributed by atoms with Crippen LogP contribution in [0.2, 0.25) is 0 Å². The smallest absolute Gasteiger partial charge is 0.0382 e. The molecule has 0 heteroatoms. The molecule has 0 fully saturated rings. The van der Waals surface area contributed by atoms with Gasteiger partial charge in [-0.05, 0) is 34.1 Å². The summed E-state index contributed by atoms with van der Waals surface area (Å²) in [5.74, 6) is 0. The van der Waals surface area contributed by atoms with Crippen LogP contribution in [-0.2, 0) is 0 Å². The van der Waals surface area contributed by atoms with Crippen LogP contribution in [0.5, 0.6) is 0 Å². The van der Waals surface area contributed by atoms with Gasteiger partial charge < -0.3 is 0 Å². The van der Waals surface area contributed by atoms with Gasteiger partial charge >= 0.3 is 0 Å². The molecule has 0 aromatic rings. The Kier molecular flexibility index (Phi) is 104. The molecule has 116 valence electrons. The van der Waals surface area contributed by atoms with Gasteiger partial charge in [-0.25, -0.2) is 0 Å². The maximum Gasteiger partial charge on any atom is -0.0382 e. The summed E-state index contributed by atoms with van der Waals surface area (Å²) < 4.78 is 0. The highest BCUT2D eigenvalue weighted by atomic mass is 13.5. The second-order valence-electron chi connectivity index (χ2n) is 2.97. The monoisotopic (exact) mass is 276 g/mol. The van der Waals surface area contributed by atoms with Gasteiger partial charge in [0.1, 0.15) is 0 Å². The van der Waals surface area contributed by atoms with Gasteiger partial charge in [-0.15, -0.1) is 6.58 Å². The summed E-state index contributed by atoms with van der Waals surface area (Å²) in [6.45, 7) is 27.0. The lowest BCUT2D eigenvalue weighted by Crippen LogP contribution is -1.36. The molecule has 0 amide bonds. The topological polar surface area (TPSA) is 0 Å². The van der Waals surface area contributed by atoms with Crippen LogP contribution in [0, 0.1) is 0 Å². The largest absolute Gasteiger partial charge is 0.103 e. The van der Waals surface area contributed by atoms with Crippen molar-refractivity contribution < 1.29 is 0 Å². The van der Waals surface area contributed by atoms with Gasteiger partial charge in [-0.1, -0.05) is 87.9 Å². The minimum atomic E-state index is 1.08. The first-order valence-electron chi connectivity index (χ1n) is 6.80. The van der Waals surface area contributed by atoms with Gasteiger partial charge in [0.15, 0.2) is 0 Å². The average Bonchev–Trinajstić information content (AvgIpc) is 2.55. The van der Waals surface area contributed by atoms with Crippen molar-refractivity contribution in [3.63, 3.8) is 0 Å². The fraction of sp³-hybridized carbons (Fsp3) is 0.300. The normalized spacial score (nSPS) is 7.05. The minimum absolute atomic E-state index is 1.08. The summed E-state index contributed by atoms with van der Waals surface area (Å²) in [6.07, 6.45) is 17.5. The number of hydrogen-bond donors (Lipinski definition) is 0. The third-order valence-corrected chi connectivity index (χ3v) is 1.29. The van der Waals surface area contributed by atoms with E-state index < -0.39 is 0 Å². The van der Waals surface area contributed by atoms with Crippen molar-refractivity contribution in [2.75, 3.05) is 0 Å². The van der Waals surface area contributed by atoms with E-state index in [1.807, 2.05) is 58.1 Å². The SMILES string of the molecule is C/C=C/C.C/C=C\C.C=CC=C.C=CC=C.C=CCC. The first-order chi connectivity index (χ1) is 9.57. The first-order valence-corrected chi connectivity index (χ1v) is 6.80. The van der Waals surface area contributed by atoms with Gasteiger partial charge in [-0.3, -0.25) is 0 Å². The number of allylic oxidation sites excluding steroid dienone is 9. The average molecular weight is 277 g/mol. The lowest BCUT2D eigenvalue weighted by Gasteiger charge is -1.57. The highest BCUT2D eigenvalue weighted by molar-refractivity contribution is 4.88. The molecule has 0 N–H and O–H groups in total. The van der Waals surface area contributed by atoms with E-state index in [2.05, 4.69) is 39.8 Å². The summed E-state index contributed by atoms with van der Waals surface area (Å²) in [6, 6.07) is 0. The third kappa shape index (κ3) is 369. The molecule has 0 atom stereocenters. The molecular formula is C20H36. The number of rotatable bonds is 3. The molecule has 0 aliphatic heterocycles. The molecule has 0 spiro atoms. The molecule has 0 nitrogen and oxygen atoms in total. The van der Waals surface area contributed by atoms with E-state index >= 15 is 0 Å². The summed E-state index contributed by atoms with van der Waals surface area (Å²) in [5.41, 5.74) is 0. The minimum Gasteiger partial charge on any atom is -0.103 e. The zero-order valence-electron chi connectivity index (χ0n) is 14.4. The molecule has 0 bridgehead atoms. The van der Waals surface area contributed by atoms with Crippen LogP contribution in [0.4, 0.5) is 0 Å². The molecule has 0 radical (unpaired) electrons. The van der Waals surface area contributed by atoms with Crippen LogP contribution in [0.3, 0.4) is 0 Å². The zero-order valence-corrected chi connectivity index (χ0v) is 14.4. The van der Waals surface area contributed by atoms with E-state index in [4.69, 9.17) is 0 Å². The van der Waals surface area contributed by atoms with Gasteiger partial charge in [0.05, 0.1) is 0 Å².